The molecule has 0 fully saturated rings. The number of amides is 1. The lowest BCUT2D eigenvalue weighted by Gasteiger charge is -2.19. The number of carbonyl (C=O) groups is 1. The number of hydrogen-bond acceptors (Lipinski definition) is 7. The Balaban J connectivity index is 1.55. The van der Waals surface area contributed by atoms with E-state index < -0.39 is 0 Å². The van der Waals surface area contributed by atoms with E-state index >= 15 is 0 Å². The van der Waals surface area contributed by atoms with Gasteiger partial charge in [-0.3, -0.25) is 4.79 Å². The molecular formula is C21H14BrN3O3S2. The van der Waals surface area contributed by atoms with Crippen LogP contribution in [-0.2, 0) is 0 Å². The van der Waals surface area contributed by atoms with Crippen LogP contribution >= 0.6 is 38.6 Å². The molecule has 5 rings (SSSR count). The molecule has 0 atom stereocenters. The summed E-state index contributed by atoms with van der Waals surface area (Å²) in [5.41, 5.74) is 1.26. The predicted molar refractivity (Wildman–Crippen MR) is 123 cm³/mol. The van der Waals surface area contributed by atoms with Gasteiger partial charge in [0, 0.05) is 14.9 Å². The number of rotatable bonds is 4. The SMILES string of the molecule is O=C(c1ccc2c(c1)OCCO2)N(/N=C/c1cccs1)c1nc2ccc(Br)cc2s1. The average molecular weight is 500 g/mol. The molecule has 6 nitrogen and oxygen atoms in total. The van der Waals surface area contributed by atoms with Gasteiger partial charge < -0.3 is 9.47 Å². The molecule has 0 N–H and O–H groups in total. The Morgan fingerprint density at radius 3 is 2.83 bits per heavy atom. The summed E-state index contributed by atoms with van der Waals surface area (Å²) in [5, 5.41) is 8.27. The molecule has 150 valence electrons. The van der Waals surface area contributed by atoms with Crippen molar-refractivity contribution in [3.8, 4) is 11.5 Å². The minimum Gasteiger partial charge on any atom is -0.486 e. The molecule has 1 amide bonds. The van der Waals surface area contributed by atoms with Crippen LogP contribution in [0.5, 0.6) is 11.5 Å². The van der Waals surface area contributed by atoms with Crippen LogP contribution in [0.15, 0.2) is 63.5 Å². The smallest absolute Gasteiger partial charge is 0.280 e. The van der Waals surface area contributed by atoms with E-state index in [1.54, 1.807) is 35.8 Å². The second-order valence-corrected chi connectivity index (χ2v) is 9.25. The van der Waals surface area contributed by atoms with Crippen LogP contribution in [0.4, 0.5) is 5.13 Å². The maximum atomic E-state index is 13.4. The Labute approximate surface area is 188 Å². The van der Waals surface area contributed by atoms with Gasteiger partial charge in [-0.25, -0.2) is 4.98 Å². The van der Waals surface area contributed by atoms with Crippen molar-refractivity contribution in [2.24, 2.45) is 5.10 Å². The van der Waals surface area contributed by atoms with Crippen LogP contribution in [0.25, 0.3) is 10.2 Å². The van der Waals surface area contributed by atoms with E-state index in [2.05, 4.69) is 26.0 Å². The van der Waals surface area contributed by atoms with Crippen LogP contribution in [0.2, 0.25) is 0 Å². The molecular weight excluding hydrogens is 486 g/mol. The van der Waals surface area contributed by atoms with Gasteiger partial charge in [-0.2, -0.15) is 10.1 Å². The van der Waals surface area contributed by atoms with Gasteiger partial charge in [-0.1, -0.05) is 33.3 Å². The summed E-state index contributed by atoms with van der Waals surface area (Å²) in [4.78, 5) is 19.0. The van der Waals surface area contributed by atoms with Crippen LogP contribution in [0.1, 0.15) is 15.2 Å². The lowest BCUT2D eigenvalue weighted by Crippen LogP contribution is -2.26. The highest BCUT2D eigenvalue weighted by atomic mass is 79.9. The normalized spacial score (nSPS) is 13.1. The van der Waals surface area contributed by atoms with Crippen molar-refractivity contribution < 1.29 is 14.3 Å². The average Bonchev–Trinajstić information content (AvgIpc) is 3.43. The number of anilines is 1. The van der Waals surface area contributed by atoms with Gasteiger partial charge in [0.05, 0.1) is 16.4 Å². The molecule has 0 bridgehead atoms. The quantitative estimate of drug-likeness (QED) is 0.272. The highest BCUT2D eigenvalue weighted by Gasteiger charge is 2.23. The zero-order valence-corrected chi connectivity index (χ0v) is 18.7. The molecule has 0 saturated carbocycles. The van der Waals surface area contributed by atoms with Crippen molar-refractivity contribution in [2.75, 3.05) is 18.2 Å². The first-order chi connectivity index (χ1) is 14.7. The highest BCUT2D eigenvalue weighted by Crippen LogP contribution is 2.34. The number of nitrogens with zero attached hydrogens (tertiary/aromatic N) is 3. The number of thiazole rings is 1. The minimum atomic E-state index is -0.294. The van der Waals surface area contributed by atoms with Crippen LogP contribution in [0.3, 0.4) is 0 Å². The van der Waals surface area contributed by atoms with E-state index in [9.17, 15) is 4.79 Å². The molecule has 30 heavy (non-hydrogen) atoms. The van der Waals surface area contributed by atoms with Crippen molar-refractivity contribution in [3.05, 3.63) is 68.8 Å². The van der Waals surface area contributed by atoms with E-state index in [-0.39, 0.29) is 5.91 Å². The Kier molecular flexibility index (Phi) is 5.24. The lowest BCUT2D eigenvalue weighted by atomic mass is 10.2. The standard InChI is InChI=1S/C21H14BrN3O3S2/c22-14-4-5-16-19(11-14)30-21(24-16)25(23-12-15-2-1-9-29-15)20(26)13-3-6-17-18(10-13)28-8-7-27-17/h1-6,9-12H,7-8H2/b23-12+. The summed E-state index contributed by atoms with van der Waals surface area (Å²) >= 11 is 6.43. The minimum absolute atomic E-state index is 0.294. The number of hydrazone groups is 1. The fourth-order valence-electron chi connectivity index (χ4n) is 2.94. The topological polar surface area (TPSA) is 64.0 Å². The Hall–Kier alpha value is -2.75. The van der Waals surface area contributed by atoms with Crippen molar-refractivity contribution in [1.29, 1.82) is 0 Å². The van der Waals surface area contributed by atoms with Gasteiger partial charge in [-0.05, 0) is 47.8 Å². The molecule has 4 aromatic rings. The van der Waals surface area contributed by atoms with Gasteiger partial charge in [0.1, 0.15) is 13.2 Å². The molecule has 0 unspecified atom stereocenters. The third-order valence-electron chi connectivity index (χ3n) is 4.35. The largest absolute Gasteiger partial charge is 0.486 e. The monoisotopic (exact) mass is 499 g/mol. The van der Waals surface area contributed by atoms with Gasteiger partial charge in [0.25, 0.3) is 5.91 Å². The Bertz CT molecular complexity index is 1250. The summed E-state index contributed by atoms with van der Waals surface area (Å²) in [6, 6.07) is 14.8. The molecule has 0 saturated heterocycles. The predicted octanol–water partition coefficient (Wildman–Crippen LogP) is 5.57. The molecule has 0 spiro atoms. The lowest BCUT2D eigenvalue weighted by molar-refractivity contribution is 0.0986. The number of halogens is 1. The number of hydrogen-bond donors (Lipinski definition) is 0. The first-order valence-electron chi connectivity index (χ1n) is 9.05. The Morgan fingerprint density at radius 1 is 1.13 bits per heavy atom. The number of carbonyl (C=O) groups excluding carboxylic acids is 1. The van der Waals surface area contributed by atoms with Crippen molar-refractivity contribution in [2.45, 2.75) is 0 Å². The van der Waals surface area contributed by atoms with Gasteiger partial charge in [0.15, 0.2) is 11.5 Å². The molecule has 1 aliphatic rings. The molecule has 1 aliphatic heterocycles. The third-order valence-corrected chi connectivity index (χ3v) is 6.64. The number of aromatic nitrogens is 1. The van der Waals surface area contributed by atoms with E-state index in [1.807, 2.05) is 35.7 Å². The molecule has 9 heteroatoms. The van der Waals surface area contributed by atoms with E-state index in [4.69, 9.17) is 9.47 Å². The first-order valence-corrected chi connectivity index (χ1v) is 11.5. The molecule has 2 aromatic heterocycles. The third kappa shape index (κ3) is 3.83. The number of benzene rings is 2. The van der Waals surface area contributed by atoms with Crippen molar-refractivity contribution in [3.63, 3.8) is 0 Å². The number of ether oxygens (including phenoxy) is 2. The summed E-state index contributed by atoms with van der Waals surface area (Å²) in [6.07, 6.45) is 1.67. The maximum absolute atomic E-state index is 13.4. The van der Waals surface area contributed by atoms with Crippen LogP contribution < -0.4 is 14.5 Å². The van der Waals surface area contributed by atoms with Gasteiger partial charge >= 0.3 is 0 Å². The van der Waals surface area contributed by atoms with Crippen LogP contribution in [-0.4, -0.2) is 30.3 Å². The second kappa shape index (κ2) is 8.17. The second-order valence-electron chi connectivity index (χ2n) is 6.34. The summed E-state index contributed by atoms with van der Waals surface area (Å²) < 4.78 is 13.1. The molecule has 0 radical (unpaired) electrons. The molecule has 2 aromatic carbocycles. The summed E-state index contributed by atoms with van der Waals surface area (Å²) in [5.74, 6) is 0.900. The molecule has 3 heterocycles. The zero-order chi connectivity index (χ0) is 20.5. The number of fused-ring (bicyclic) bond motifs is 2. The maximum Gasteiger partial charge on any atom is 0.280 e. The fraction of sp³-hybridized carbons (Fsp3) is 0.0952. The Morgan fingerprint density at radius 2 is 2.00 bits per heavy atom. The molecule has 0 aliphatic carbocycles. The highest BCUT2D eigenvalue weighted by molar-refractivity contribution is 9.10. The summed E-state index contributed by atoms with van der Waals surface area (Å²) in [7, 11) is 0. The van der Waals surface area contributed by atoms with Crippen molar-refractivity contribution in [1.82, 2.24) is 4.98 Å². The van der Waals surface area contributed by atoms with Gasteiger partial charge in [0.2, 0.25) is 5.13 Å². The number of thiophene rings is 1. The van der Waals surface area contributed by atoms with E-state index in [1.165, 1.54) is 16.3 Å². The van der Waals surface area contributed by atoms with Crippen molar-refractivity contribution >= 4 is 66.1 Å². The van der Waals surface area contributed by atoms with Gasteiger partial charge in [-0.15, -0.1) is 11.3 Å². The zero-order valence-electron chi connectivity index (χ0n) is 15.4. The van der Waals surface area contributed by atoms with Crippen LogP contribution in [0, 0.1) is 0 Å². The van der Waals surface area contributed by atoms with E-state index in [0.29, 0.717) is 35.4 Å². The summed E-state index contributed by atoms with van der Waals surface area (Å²) in [6.45, 7) is 0.955. The fourth-order valence-corrected chi connectivity index (χ4v) is 5.00. The first kappa shape index (κ1) is 19.2. The van der Waals surface area contributed by atoms with E-state index in [0.717, 1.165) is 19.6 Å².